The van der Waals surface area contributed by atoms with E-state index in [-0.39, 0.29) is 0 Å². The second kappa shape index (κ2) is 6.38. The Bertz CT molecular complexity index is 763. The van der Waals surface area contributed by atoms with E-state index >= 15 is 0 Å². The van der Waals surface area contributed by atoms with Crippen LogP contribution in [0.25, 0.3) is 16.5 Å². The molecule has 4 N–H and O–H groups in total. The lowest BCUT2D eigenvalue weighted by atomic mass is 9.94. The summed E-state index contributed by atoms with van der Waals surface area (Å²) in [6.07, 6.45) is 1.23. The lowest BCUT2D eigenvalue weighted by Gasteiger charge is -2.10. The zero-order chi connectivity index (χ0) is 16.4. The fourth-order valence-corrected chi connectivity index (χ4v) is 2.65. The van der Waals surface area contributed by atoms with Crippen molar-refractivity contribution in [2.24, 2.45) is 5.64 Å². The van der Waals surface area contributed by atoms with Gasteiger partial charge in [0, 0.05) is 18.0 Å². The molecule has 5 nitrogen and oxygen atoms in total. The number of rotatable bonds is 5. The Morgan fingerprint density at radius 2 is 2.05 bits per heavy atom. The van der Waals surface area contributed by atoms with Crippen molar-refractivity contribution in [3.05, 3.63) is 40.2 Å². The molecule has 0 fully saturated rings. The zero-order valence-corrected chi connectivity index (χ0v) is 13.3. The van der Waals surface area contributed by atoms with Gasteiger partial charge in [-0.2, -0.15) is 0 Å². The molecular formula is C16H20BN2O3. The molecule has 1 heterocycles. The second-order valence-electron chi connectivity index (χ2n) is 5.41. The minimum absolute atomic E-state index is 0.523. The van der Waals surface area contributed by atoms with Gasteiger partial charge in [-0.1, -0.05) is 0 Å². The van der Waals surface area contributed by atoms with E-state index in [1.54, 1.807) is 0 Å². The van der Waals surface area contributed by atoms with E-state index < -0.39 is 5.97 Å². The molecule has 0 amide bonds. The Kier molecular flexibility index (Phi) is 4.73. The van der Waals surface area contributed by atoms with E-state index in [0.29, 0.717) is 6.54 Å². The number of allylic oxidation sites excluding steroid dienone is 1. The average molecular weight is 299 g/mol. The van der Waals surface area contributed by atoms with Gasteiger partial charge in [-0.3, -0.25) is 0 Å². The number of benzene rings is 1. The van der Waals surface area contributed by atoms with Crippen LogP contribution >= 0.6 is 0 Å². The molecule has 0 spiro atoms. The predicted octanol–water partition coefficient (Wildman–Crippen LogP) is 2.43. The minimum Gasteiger partial charge on any atom is -0.478 e. The number of furan rings is 1. The molecule has 0 aliphatic carbocycles. The van der Waals surface area contributed by atoms with Gasteiger partial charge in [0.2, 0.25) is 0 Å². The zero-order valence-electron chi connectivity index (χ0n) is 13.3. The van der Waals surface area contributed by atoms with E-state index in [1.165, 1.54) is 13.6 Å². The van der Waals surface area contributed by atoms with Crippen LogP contribution in [0.2, 0.25) is 0 Å². The molecule has 0 atom stereocenters. The van der Waals surface area contributed by atoms with Crippen LogP contribution in [-0.4, -0.2) is 18.6 Å². The number of aryl methyl sites for hydroxylation is 2. The number of carboxylic acid groups (broad SMARTS) is 1. The number of nitrogens with two attached hydrogens (primary N) is 1. The van der Waals surface area contributed by atoms with Crippen LogP contribution in [0.15, 0.2) is 16.6 Å². The van der Waals surface area contributed by atoms with Gasteiger partial charge in [-0.25, -0.2) is 4.79 Å². The molecule has 1 aromatic carbocycles. The highest BCUT2D eigenvalue weighted by atomic mass is 16.4. The third-order valence-corrected chi connectivity index (χ3v) is 4.03. The smallest absolute Gasteiger partial charge is 0.328 e. The van der Waals surface area contributed by atoms with E-state index in [4.69, 9.17) is 15.2 Å². The number of hydrogen-bond acceptors (Lipinski definition) is 4. The van der Waals surface area contributed by atoms with Gasteiger partial charge in [0.05, 0.1) is 0 Å². The molecule has 2 rings (SSSR count). The van der Waals surface area contributed by atoms with Crippen molar-refractivity contribution in [1.29, 1.82) is 0 Å². The number of carbonyl (C=O) groups is 1. The van der Waals surface area contributed by atoms with E-state index in [1.807, 2.05) is 33.8 Å². The van der Waals surface area contributed by atoms with Crippen LogP contribution in [0, 0.1) is 20.8 Å². The highest BCUT2D eigenvalue weighted by Gasteiger charge is 2.16. The first-order valence-electron chi connectivity index (χ1n) is 7.07. The van der Waals surface area contributed by atoms with Crippen LogP contribution in [0.1, 0.15) is 34.9 Å². The number of fused-ring (bicyclic) bond motifs is 1. The van der Waals surface area contributed by atoms with Crippen molar-refractivity contribution in [3.63, 3.8) is 0 Å². The molecular weight excluding hydrogens is 279 g/mol. The normalized spacial score (nSPS) is 12.0. The van der Waals surface area contributed by atoms with Crippen molar-refractivity contribution in [3.8, 4) is 0 Å². The van der Waals surface area contributed by atoms with Gasteiger partial charge in [0.25, 0.3) is 0 Å². The maximum absolute atomic E-state index is 10.9. The summed E-state index contributed by atoms with van der Waals surface area (Å²) in [6.45, 7) is 8.29. The molecule has 22 heavy (non-hydrogen) atoms. The second-order valence-corrected chi connectivity index (χ2v) is 5.41. The van der Waals surface area contributed by atoms with Crippen LogP contribution in [0.4, 0.5) is 0 Å². The topological polar surface area (TPSA) is 88.5 Å². The molecule has 0 aliphatic heterocycles. The minimum atomic E-state index is -0.943. The van der Waals surface area contributed by atoms with Crippen molar-refractivity contribution in [2.45, 2.75) is 34.2 Å². The maximum atomic E-state index is 10.9. The Morgan fingerprint density at radius 3 is 2.64 bits per heavy atom. The summed E-state index contributed by atoms with van der Waals surface area (Å²) in [5.74, 6) is -0.113. The molecule has 0 saturated carbocycles. The largest absolute Gasteiger partial charge is 0.478 e. The van der Waals surface area contributed by atoms with Crippen LogP contribution in [-0.2, 0) is 11.3 Å². The summed E-state index contributed by atoms with van der Waals surface area (Å²) in [6, 6.07) is 2.00. The Balaban J connectivity index is 2.65. The molecule has 0 unspecified atom stereocenters. The molecule has 6 heteroatoms. The molecule has 2 aromatic rings. The summed E-state index contributed by atoms with van der Waals surface area (Å²) >= 11 is 0. The van der Waals surface area contributed by atoms with E-state index in [0.717, 1.165) is 44.6 Å². The van der Waals surface area contributed by atoms with Gasteiger partial charge >= 0.3 is 13.5 Å². The Hall–Kier alpha value is -2.05. The molecule has 1 radical (unpaired) electrons. The molecule has 115 valence electrons. The standard InChI is InChI=1S/C16H20BN2O3/c1-8(5-15(20)21)12-6-13-11(4)14(7-19-17-18)22-16(13)10(3)9(12)2/h5-6,19H,7,18H2,1-4H3,(H,20,21)/b8-5-. The summed E-state index contributed by atoms with van der Waals surface area (Å²) < 4.78 is 5.95. The predicted molar refractivity (Wildman–Crippen MR) is 88.5 cm³/mol. The van der Waals surface area contributed by atoms with Crippen LogP contribution in [0.5, 0.6) is 0 Å². The summed E-state index contributed by atoms with van der Waals surface area (Å²) in [5, 5.41) is 12.9. The number of nitrogens with one attached hydrogen (secondary N) is 1. The summed E-state index contributed by atoms with van der Waals surface area (Å²) in [7, 11) is 1.38. The number of hydrogen-bond donors (Lipinski definition) is 3. The van der Waals surface area contributed by atoms with Crippen LogP contribution < -0.4 is 10.9 Å². The van der Waals surface area contributed by atoms with Gasteiger partial charge in [-0.05, 0) is 61.6 Å². The first-order chi connectivity index (χ1) is 10.4. The lowest BCUT2D eigenvalue weighted by Crippen LogP contribution is -2.26. The van der Waals surface area contributed by atoms with Gasteiger partial charge < -0.3 is 20.4 Å². The van der Waals surface area contributed by atoms with Crippen molar-refractivity contribution in [2.75, 3.05) is 0 Å². The molecule has 0 saturated heterocycles. The Morgan fingerprint density at radius 1 is 1.36 bits per heavy atom. The van der Waals surface area contributed by atoms with Gasteiger partial charge in [-0.15, -0.1) is 0 Å². The highest BCUT2D eigenvalue weighted by molar-refractivity contribution is 6.27. The van der Waals surface area contributed by atoms with Crippen LogP contribution in [0.3, 0.4) is 0 Å². The Labute approximate surface area is 130 Å². The first-order valence-corrected chi connectivity index (χ1v) is 7.07. The molecule has 1 aromatic heterocycles. The third kappa shape index (κ3) is 2.93. The molecule has 0 aliphatic rings. The first kappa shape index (κ1) is 16.3. The fraction of sp³-hybridized carbons (Fsp3) is 0.312. The molecule has 0 bridgehead atoms. The maximum Gasteiger partial charge on any atom is 0.328 e. The number of aliphatic carboxylic acids is 1. The van der Waals surface area contributed by atoms with Gasteiger partial charge in [0.1, 0.15) is 11.3 Å². The summed E-state index contributed by atoms with van der Waals surface area (Å²) in [4.78, 5) is 10.9. The SMILES string of the molecule is C/C(=C/C(=O)O)c1cc2c(C)c(CN[B]N)oc2c(C)c1C. The monoisotopic (exact) mass is 299 g/mol. The summed E-state index contributed by atoms with van der Waals surface area (Å²) in [5.41, 5.74) is 10.9. The highest BCUT2D eigenvalue weighted by Crippen LogP contribution is 2.34. The van der Waals surface area contributed by atoms with Crippen molar-refractivity contribution < 1.29 is 14.3 Å². The van der Waals surface area contributed by atoms with Gasteiger partial charge in [0.15, 0.2) is 0 Å². The van der Waals surface area contributed by atoms with E-state index in [9.17, 15) is 4.79 Å². The van der Waals surface area contributed by atoms with Crippen molar-refractivity contribution >= 4 is 30.1 Å². The van der Waals surface area contributed by atoms with E-state index in [2.05, 4.69) is 5.23 Å². The lowest BCUT2D eigenvalue weighted by molar-refractivity contribution is -0.131. The average Bonchev–Trinajstić information content (AvgIpc) is 2.76. The van der Waals surface area contributed by atoms with Crippen molar-refractivity contribution in [1.82, 2.24) is 5.23 Å². The number of carboxylic acids is 1. The fourth-order valence-electron chi connectivity index (χ4n) is 2.65. The quantitative estimate of drug-likeness (QED) is 0.583. The third-order valence-electron chi connectivity index (χ3n) is 4.03.